The lowest BCUT2D eigenvalue weighted by Crippen LogP contribution is -2.50. The molecule has 3 heterocycles. The average molecular weight is 452 g/mol. The fourth-order valence-corrected chi connectivity index (χ4v) is 4.00. The van der Waals surface area contributed by atoms with Gasteiger partial charge >= 0.3 is 0 Å². The predicted molar refractivity (Wildman–Crippen MR) is 123 cm³/mol. The number of amides is 2. The van der Waals surface area contributed by atoms with Gasteiger partial charge in [-0.1, -0.05) is 18.2 Å². The molecule has 4 rings (SSSR count). The van der Waals surface area contributed by atoms with Crippen molar-refractivity contribution in [2.75, 3.05) is 46.4 Å². The summed E-state index contributed by atoms with van der Waals surface area (Å²) >= 11 is 0. The van der Waals surface area contributed by atoms with Gasteiger partial charge in [0.1, 0.15) is 5.56 Å². The molecular weight excluding hydrogens is 422 g/mol. The fraction of sp³-hybridized carbons (Fsp3) is 0.391. The molecule has 33 heavy (non-hydrogen) atoms. The first-order valence-corrected chi connectivity index (χ1v) is 11.0. The Kier molecular flexibility index (Phi) is 6.74. The van der Waals surface area contributed by atoms with Gasteiger partial charge in [0, 0.05) is 52.5 Å². The van der Waals surface area contributed by atoms with Gasteiger partial charge < -0.3 is 15.0 Å². The maximum absolute atomic E-state index is 12.8. The molecule has 10 heteroatoms. The second kappa shape index (κ2) is 9.86. The van der Waals surface area contributed by atoms with E-state index in [4.69, 9.17) is 4.74 Å². The van der Waals surface area contributed by atoms with Crippen molar-refractivity contribution in [3.63, 3.8) is 0 Å². The number of methoxy groups -OCH3 is 1. The van der Waals surface area contributed by atoms with Gasteiger partial charge in [0.25, 0.3) is 11.8 Å². The molecule has 1 aromatic carbocycles. The number of ether oxygens (including phenoxy) is 1. The maximum Gasteiger partial charge on any atom is 0.261 e. The predicted octanol–water partition coefficient (Wildman–Crippen LogP) is 1.11. The summed E-state index contributed by atoms with van der Waals surface area (Å²) in [5.41, 5.74) is 2.77. The zero-order valence-electron chi connectivity index (χ0n) is 19.2. The van der Waals surface area contributed by atoms with E-state index in [2.05, 4.69) is 20.4 Å². The largest absolute Gasteiger partial charge is 0.479 e. The molecule has 0 aliphatic carbocycles. The fourth-order valence-electron chi connectivity index (χ4n) is 4.00. The van der Waals surface area contributed by atoms with Crippen molar-refractivity contribution in [1.29, 1.82) is 0 Å². The number of carbonyl (C=O) groups is 2. The van der Waals surface area contributed by atoms with Crippen molar-refractivity contribution in [2.45, 2.75) is 6.92 Å². The van der Waals surface area contributed by atoms with Crippen molar-refractivity contribution >= 4 is 11.8 Å². The average Bonchev–Trinajstić information content (AvgIpc) is 3.41. The molecular formula is C23H29N7O3. The summed E-state index contributed by atoms with van der Waals surface area (Å²) in [5, 5.41) is 11.5. The Morgan fingerprint density at radius 3 is 2.52 bits per heavy atom. The molecule has 0 saturated carbocycles. The van der Waals surface area contributed by atoms with Gasteiger partial charge in [0.15, 0.2) is 0 Å². The number of nitrogens with zero attached hydrogens (tertiary/aromatic N) is 6. The summed E-state index contributed by atoms with van der Waals surface area (Å²) < 4.78 is 8.56. The highest BCUT2D eigenvalue weighted by molar-refractivity contribution is 5.96. The second-order valence-corrected chi connectivity index (χ2v) is 8.01. The van der Waals surface area contributed by atoms with Crippen LogP contribution in [0.4, 0.5) is 0 Å². The Bertz CT molecular complexity index is 1110. The van der Waals surface area contributed by atoms with Crippen LogP contribution in [0.1, 0.15) is 26.4 Å². The topological polar surface area (TPSA) is 97.5 Å². The second-order valence-electron chi connectivity index (χ2n) is 8.01. The SMILES string of the molecule is COc1nn(C)cc1C(=O)N1CCN(CCNC(=O)c2cnn(-c3ccccc3)c2C)CC1. The Morgan fingerprint density at radius 1 is 1.09 bits per heavy atom. The molecule has 3 aromatic rings. The lowest BCUT2D eigenvalue weighted by molar-refractivity contribution is 0.0635. The standard InChI is InChI=1S/C23H29N7O3/c1-17-19(15-25-30(17)18-7-5-4-6-8-18)21(31)24-9-10-28-11-13-29(14-12-28)23(32)20-16-27(2)26-22(20)33-3/h4-8,15-16H,9-14H2,1-3H3,(H,24,31). The van der Waals surface area contributed by atoms with Crippen molar-refractivity contribution in [3.8, 4) is 11.6 Å². The monoisotopic (exact) mass is 451 g/mol. The van der Waals surface area contributed by atoms with Gasteiger partial charge in [-0.05, 0) is 19.1 Å². The number of aromatic nitrogens is 4. The Hall–Kier alpha value is -3.66. The number of hydrogen-bond donors (Lipinski definition) is 1. The van der Waals surface area contributed by atoms with Crippen LogP contribution in [0.2, 0.25) is 0 Å². The Morgan fingerprint density at radius 2 is 1.82 bits per heavy atom. The number of aryl methyl sites for hydroxylation is 1. The highest BCUT2D eigenvalue weighted by Gasteiger charge is 2.26. The molecule has 0 spiro atoms. The van der Waals surface area contributed by atoms with E-state index in [0.717, 1.165) is 31.0 Å². The highest BCUT2D eigenvalue weighted by Crippen LogP contribution is 2.18. The van der Waals surface area contributed by atoms with E-state index >= 15 is 0 Å². The molecule has 174 valence electrons. The van der Waals surface area contributed by atoms with Crippen molar-refractivity contribution in [2.24, 2.45) is 7.05 Å². The van der Waals surface area contributed by atoms with Crippen molar-refractivity contribution in [1.82, 2.24) is 34.7 Å². The van der Waals surface area contributed by atoms with Gasteiger partial charge in [-0.25, -0.2) is 4.68 Å². The number of para-hydroxylation sites is 1. The molecule has 10 nitrogen and oxygen atoms in total. The van der Waals surface area contributed by atoms with E-state index in [9.17, 15) is 9.59 Å². The Labute approximate surface area is 192 Å². The van der Waals surface area contributed by atoms with Gasteiger partial charge in [-0.2, -0.15) is 5.10 Å². The first-order chi connectivity index (χ1) is 16.0. The zero-order chi connectivity index (χ0) is 23.4. The molecule has 1 fully saturated rings. The minimum atomic E-state index is -0.132. The number of nitrogens with one attached hydrogen (secondary N) is 1. The van der Waals surface area contributed by atoms with Crippen LogP contribution in [-0.2, 0) is 7.05 Å². The first kappa shape index (κ1) is 22.5. The van der Waals surface area contributed by atoms with Crippen LogP contribution in [0, 0.1) is 6.92 Å². The minimum absolute atomic E-state index is 0.0705. The highest BCUT2D eigenvalue weighted by atomic mass is 16.5. The van der Waals surface area contributed by atoms with Crippen LogP contribution in [0.25, 0.3) is 5.69 Å². The third-order valence-corrected chi connectivity index (χ3v) is 5.85. The smallest absolute Gasteiger partial charge is 0.261 e. The molecule has 0 bridgehead atoms. The third-order valence-electron chi connectivity index (χ3n) is 5.85. The Balaban J connectivity index is 1.25. The summed E-state index contributed by atoms with van der Waals surface area (Å²) in [6, 6.07) is 9.74. The summed E-state index contributed by atoms with van der Waals surface area (Å²) in [5.74, 6) is 0.143. The maximum atomic E-state index is 12.8. The van der Waals surface area contributed by atoms with Crippen LogP contribution in [0.3, 0.4) is 0 Å². The normalized spacial score (nSPS) is 14.3. The van der Waals surface area contributed by atoms with Gasteiger partial charge in [0.05, 0.1) is 30.3 Å². The number of hydrogen-bond acceptors (Lipinski definition) is 6. The van der Waals surface area contributed by atoms with Crippen LogP contribution < -0.4 is 10.1 Å². The third kappa shape index (κ3) is 4.90. The van der Waals surface area contributed by atoms with Crippen LogP contribution in [0.5, 0.6) is 5.88 Å². The number of benzene rings is 1. The molecule has 2 aromatic heterocycles. The quantitative estimate of drug-likeness (QED) is 0.578. The molecule has 0 radical (unpaired) electrons. The van der Waals surface area contributed by atoms with Crippen LogP contribution >= 0.6 is 0 Å². The van der Waals surface area contributed by atoms with Crippen LogP contribution in [-0.4, -0.2) is 87.6 Å². The molecule has 2 amide bonds. The van der Waals surface area contributed by atoms with Gasteiger partial charge in [0.2, 0.25) is 5.88 Å². The summed E-state index contributed by atoms with van der Waals surface area (Å²) in [7, 11) is 3.28. The molecule has 1 aliphatic rings. The number of piperazine rings is 1. The summed E-state index contributed by atoms with van der Waals surface area (Å²) in [4.78, 5) is 29.5. The van der Waals surface area contributed by atoms with E-state index in [0.29, 0.717) is 36.6 Å². The zero-order valence-corrected chi connectivity index (χ0v) is 19.2. The van der Waals surface area contributed by atoms with Gasteiger partial charge in [-0.15, -0.1) is 5.10 Å². The van der Waals surface area contributed by atoms with Gasteiger partial charge in [-0.3, -0.25) is 19.2 Å². The molecule has 1 aliphatic heterocycles. The lowest BCUT2D eigenvalue weighted by Gasteiger charge is -2.34. The number of carbonyl (C=O) groups excluding carboxylic acids is 2. The van der Waals surface area contributed by atoms with Crippen molar-refractivity contribution < 1.29 is 14.3 Å². The summed E-state index contributed by atoms with van der Waals surface area (Å²) in [6.45, 7) is 5.86. The van der Waals surface area contributed by atoms with Crippen molar-refractivity contribution in [3.05, 3.63) is 59.5 Å². The summed E-state index contributed by atoms with van der Waals surface area (Å²) in [6.07, 6.45) is 3.29. The van der Waals surface area contributed by atoms with E-state index in [1.807, 2.05) is 42.2 Å². The molecule has 0 atom stereocenters. The molecule has 0 unspecified atom stereocenters. The van der Waals surface area contributed by atoms with Crippen LogP contribution in [0.15, 0.2) is 42.7 Å². The molecule has 1 N–H and O–H groups in total. The lowest BCUT2D eigenvalue weighted by atomic mass is 10.2. The van der Waals surface area contributed by atoms with E-state index in [-0.39, 0.29) is 11.8 Å². The minimum Gasteiger partial charge on any atom is -0.479 e. The number of rotatable bonds is 7. The molecule has 1 saturated heterocycles. The van der Waals surface area contributed by atoms with E-state index in [1.54, 1.807) is 28.8 Å². The van der Waals surface area contributed by atoms with E-state index in [1.165, 1.54) is 7.11 Å². The van der Waals surface area contributed by atoms with E-state index < -0.39 is 0 Å². The first-order valence-electron chi connectivity index (χ1n) is 11.0.